The lowest BCUT2D eigenvalue weighted by Gasteiger charge is -2.35. The number of amides is 1. The maximum Gasteiger partial charge on any atom is 0.248 e. The highest BCUT2D eigenvalue weighted by atomic mass is 32.2. The van der Waals surface area contributed by atoms with Crippen LogP contribution in [0.4, 0.5) is 0 Å². The molecule has 0 spiro atoms. The number of nitrogens with one attached hydrogen (secondary N) is 1. The summed E-state index contributed by atoms with van der Waals surface area (Å²) in [6.07, 6.45) is 1.31. The molecule has 9 heteroatoms. The number of hydrogen-bond acceptors (Lipinski definition) is 6. The fourth-order valence-corrected chi connectivity index (χ4v) is 6.61. The van der Waals surface area contributed by atoms with Crippen molar-refractivity contribution in [1.29, 1.82) is 0 Å². The van der Waals surface area contributed by atoms with Gasteiger partial charge in [0.15, 0.2) is 5.76 Å². The number of aromatic nitrogens is 1. The van der Waals surface area contributed by atoms with Crippen LogP contribution in [0.1, 0.15) is 56.0 Å². The van der Waals surface area contributed by atoms with E-state index in [0.717, 1.165) is 4.88 Å². The molecule has 0 radical (unpaired) electrons. The Kier molecular flexibility index (Phi) is 6.21. The van der Waals surface area contributed by atoms with Crippen LogP contribution in [0.3, 0.4) is 0 Å². The molecule has 0 aliphatic carbocycles. The third-order valence-corrected chi connectivity index (χ3v) is 8.35. The van der Waals surface area contributed by atoms with Gasteiger partial charge in [-0.05, 0) is 43.6 Å². The van der Waals surface area contributed by atoms with Crippen molar-refractivity contribution in [2.24, 2.45) is 11.3 Å². The average molecular weight is 440 g/mol. The summed E-state index contributed by atoms with van der Waals surface area (Å²) in [7, 11) is -3.75. The summed E-state index contributed by atoms with van der Waals surface area (Å²) in [5, 5.41) is 8.94. The Morgan fingerprint density at radius 3 is 2.66 bits per heavy atom. The molecule has 3 rings (SSSR count). The summed E-state index contributed by atoms with van der Waals surface area (Å²) in [6.45, 7) is 10.0. The zero-order valence-corrected chi connectivity index (χ0v) is 19.2. The van der Waals surface area contributed by atoms with Gasteiger partial charge in [-0.15, -0.1) is 11.3 Å². The van der Waals surface area contributed by atoms with Crippen LogP contribution >= 0.6 is 11.3 Å². The fourth-order valence-electron chi connectivity index (χ4n) is 3.78. The van der Waals surface area contributed by atoms with Gasteiger partial charge in [0.25, 0.3) is 0 Å². The monoisotopic (exact) mass is 439 g/mol. The van der Waals surface area contributed by atoms with E-state index in [0.29, 0.717) is 25.1 Å². The van der Waals surface area contributed by atoms with E-state index in [-0.39, 0.29) is 40.5 Å². The van der Waals surface area contributed by atoms with E-state index >= 15 is 0 Å². The van der Waals surface area contributed by atoms with Gasteiger partial charge < -0.3 is 9.84 Å². The maximum atomic E-state index is 13.1. The molecule has 1 aliphatic rings. The highest BCUT2D eigenvalue weighted by molar-refractivity contribution is 7.89. The Hall–Kier alpha value is -1.71. The van der Waals surface area contributed by atoms with Crippen molar-refractivity contribution in [3.63, 3.8) is 0 Å². The summed E-state index contributed by atoms with van der Waals surface area (Å²) in [6, 6.07) is 3.88. The van der Waals surface area contributed by atoms with Crippen molar-refractivity contribution in [3.05, 3.63) is 33.8 Å². The Morgan fingerprint density at radius 2 is 2.10 bits per heavy atom. The molecular weight excluding hydrogens is 410 g/mol. The molecular formula is C20H29N3O4S2. The zero-order valence-electron chi connectivity index (χ0n) is 17.6. The van der Waals surface area contributed by atoms with Gasteiger partial charge in [-0.2, -0.15) is 4.31 Å². The first kappa shape index (κ1) is 22.0. The van der Waals surface area contributed by atoms with Gasteiger partial charge in [-0.25, -0.2) is 8.42 Å². The average Bonchev–Trinajstić information content (AvgIpc) is 3.28. The van der Waals surface area contributed by atoms with Crippen LogP contribution in [0.15, 0.2) is 26.9 Å². The highest BCUT2D eigenvalue weighted by Gasteiger charge is 2.38. The van der Waals surface area contributed by atoms with Crippen LogP contribution in [0.25, 0.3) is 0 Å². The van der Waals surface area contributed by atoms with Crippen molar-refractivity contribution in [2.75, 3.05) is 13.1 Å². The quantitative estimate of drug-likeness (QED) is 0.767. The predicted octanol–water partition coefficient (Wildman–Crippen LogP) is 3.66. The lowest BCUT2D eigenvalue weighted by atomic mass is 9.85. The number of hydrogen-bond donors (Lipinski definition) is 1. The first-order valence-corrected chi connectivity index (χ1v) is 12.1. The molecule has 0 aromatic carbocycles. The molecule has 1 aliphatic heterocycles. The Balaban J connectivity index is 1.77. The van der Waals surface area contributed by atoms with Crippen LogP contribution in [0.5, 0.6) is 0 Å². The van der Waals surface area contributed by atoms with E-state index in [1.807, 2.05) is 17.5 Å². The molecule has 0 bridgehead atoms. The number of carbonyl (C=O) groups is 1. The fraction of sp³-hybridized carbons (Fsp3) is 0.600. The second kappa shape index (κ2) is 8.20. The largest absolute Gasteiger partial charge is 0.360 e. The van der Waals surface area contributed by atoms with Gasteiger partial charge in [-0.3, -0.25) is 4.79 Å². The smallest absolute Gasteiger partial charge is 0.248 e. The lowest BCUT2D eigenvalue weighted by Crippen LogP contribution is -2.47. The standard InChI is InChI=1S/C20H29N3O4S2/c1-13-17(14(2)27-22-13)29(25,26)23-10-6-8-15(12-23)19(24)21-18(20(3,4)5)16-9-7-11-28-16/h7,9,11,15,18H,6,8,10,12H2,1-5H3,(H,21,24). The molecule has 2 atom stereocenters. The summed E-state index contributed by atoms with van der Waals surface area (Å²) in [5.41, 5.74) is 0.192. The molecule has 0 saturated carbocycles. The van der Waals surface area contributed by atoms with Crippen LogP contribution in [-0.4, -0.2) is 36.9 Å². The molecule has 1 amide bonds. The van der Waals surface area contributed by atoms with E-state index in [2.05, 4.69) is 31.2 Å². The minimum absolute atomic E-state index is 0.100. The number of piperidine rings is 1. The third kappa shape index (κ3) is 4.57. The molecule has 1 fully saturated rings. The number of thiophene rings is 1. The van der Waals surface area contributed by atoms with E-state index in [1.54, 1.807) is 25.2 Å². The minimum Gasteiger partial charge on any atom is -0.360 e. The number of sulfonamides is 1. The Labute approximate surface area is 176 Å². The van der Waals surface area contributed by atoms with Crippen molar-refractivity contribution >= 4 is 27.3 Å². The summed E-state index contributed by atoms with van der Waals surface area (Å²) in [5.74, 6) is -0.208. The maximum absolute atomic E-state index is 13.1. The number of carbonyl (C=O) groups excluding carboxylic acids is 1. The third-order valence-electron chi connectivity index (χ3n) is 5.30. The summed E-state index contributed by atoms with van der Waals surface area (Å²) < 4.78 is 32.7. The van der Waals surface area contributed by atoms with Gasteiger partial charge in [0.2, 0.25) is 15.9 Å². The van der Waals surface area contributed by atoms with E-state index < -0.39 is 10.0 Å². The van der Waals surface area contributed by atoms with E-state index in [1.165, 1.54) is 4.31 Å². The molecule has 3 heterocycles. The van der Waals surface area contributed by atoms with Crippen LogP contribution < -0.4 is 5.32 Å². The first-order chi connectivity index (χ1) is 13.5. The number of rotatable bonds is 5. The van der Waals surface area contributed by atoms with Gasteiger partial charge in [-0.1, -0.05) is 32.0 Å². The normalized spacial score (nSPS) is 19.8. The van der Waals surface area contributed by atoms with Crippen molar-refractivity contribution in [2.45, 2.75) is 58.4 Å². The predicted molar refractivity (Wildman–Crippen MR) is 112 cm³/mol. The van der Waals surface area contributed by atoms with Crippen molar-refractivity contribution in [1.82, 2.24) is 14.8 Å². The van der Waals surface area contributed by atoms with Crippen molar-refractivity contribution < 1.29 is 17.7 Å². The van der Waals surface area contributed by atoms with Crippen molar-refractivity contribution in [3.8, 4) is 0 Å². The van der Waals surface area contributed by atoms with Crippen LogP contribution in [0, 0.1) is 25.2 Å². The molecule has 29 heavy (non-hydrogen) atoms. The Morgan fingerprint density at radius 1 is 1.38 bits per heavy atom. The molecule has 7 nitrogen and oxygen atoms in total. The second-order valence-corrected chi connectivity index (χ2v) is 11.5. The topological polar surface area (TPSA) is 92.5 Å². The van der Waals surface area contributed by atoms with Gasteiger partial charge in [0.1, 0.15) is 10.6 Å². The molecule has 2 aromatic heterocycles. The number of nitrogens with zero attached hydrogens (tertiary/aromatic N) is 2. The number of aryl methyl sites for hydroxylation is 2. The van der Waals surface area contributed by atoms with Gasteiger partial charge in [0, 0.05) is 18.0 Å². The SMILES string of the molecule is Cc1noc(C)c1S(=O)(=O)N1CCCC(C(=O)NC(c2cccs2)C(C)(C)C)C1. The lowest BCUT2D eigenvalue weighted by molar-refractivity contribution is -0.127. The summed E-state index contributed by atoms with van der Waals surface area (Å²) >= 11 is 1.61. The van der Waals surface area contributed by atoms with Gasteiger partial charge >= 0.3 is 0 Å². The van der Waals surface area contributed by atoms with Gasteiger partial charge in [0.05, 0.1) is 12.0 Å². The summed E-state index contributed by atoms with van der Waals surface area (Å²) in [4.78, 5) is 14.3. The minimum atomic E-state index is -3.75. The van der Waals surface area contributed by atoms with Crippen LogP contribution in [0.2, 0.25) is 0 Å². The molecule has 160 valence electrons. The van der Waals surface area contributed by atoms with Crippen LogP contribution in [-0.2, 0) is 14.8 Å². The second-order valence-electron chi connectivity index (χ2n) is 8.68. The molecule has 2 aromatic rings. The van der Waals surface area contributed by atoms with E-state index in [4.69, 9.17) is 4.52 Å². The molecule has 2 unspecified atom stereocenters. The Bertz CT molecular complexity index is 939. The first-order valence-electron chi connectivity index (χ1n) is 9.78. The highest BCUT2D eigenvalue weighted by Crippen LogP contribution is 2.36. The zero-order chi connectivity index (χ0) is 21.4. The molecule has 1 saturated heterocycles. The molecule has 1 N–H and O–H groups in total. The van der Waals surface area contributed by atoms with E-state index in [9.17, 15) is 13.2 Å².